The minimum absolute atomic E-state index is 0.279. The Morgan fingerprint density at radius 2 is 2.20 bits per heavy atom. The summed E-state index contributed by atoms with van der Waals surface area (Å²) in [6.45, 7) is 7.69. The van der Waals surface area contributed by atoms with E-state index in [9.17, 15) is 0 Å². The Bertz CT molecular complexity index is 344. The Labute approximate surface area is 92.1 Å². The first-order valence-corrected chi connectivity index (χ1v) is 5.63. The summed E-state index contributed by atoms with van der Waals surface area (Å²) in [4.78, 5) is 0. The Hall–Kier alpha value is -1.02. The van der Waals surface area contributed by atoms with Gasteiger partial charge in [-0.3, -0.25) is 0 Å². The van der Waals surface area contributed by atoms with Gasteiger partial charge in [0.15, 0.2) is 0 Å². The highest BCUT2D eigenvalue weighted by molar-refractivity contribution is 5.46. The van der Waals surface area contributed by atoms with Gasteiger partial charge < -0.3 is 10.6 Å². The molecule has 1 heterocycles. The number of hydrogen-bond donors (Lipinski definition) is 2. The van der Waals surface area contributed by atoms with Crippen LogP contribution in [0.15, 0.2) is 24.3 Å². The average molecular weight is 204 g/mol. The lowest BCUT2D eigenvalue weighted by Crippen LogP contribution is -2.31. The van der Waals surface area contributed by atoms with E-state index in [4.69, 9.17) is 0 Å². The zero-order chi connectivity index (χ0) is 10.9. The summed E-state index contributed by atoms with van der Waals surface area (Å²) in [5, 5.41) is 7.09. The predicted molar refractivity (Wildman–Crippen MR) is 65.3 cm³/mol. The Balaban J connectivity index is 1.99. The highest BCUT2D eigenvalue weighted by Crippen LogP contribution is 2.21. The molecule has 0 bridgehead atoms. The lowest BCUT2D eigenvalue weighted by atomic mass is 10.0. The van der Waals surface area contributed by atoms with E-state index >= 15 is 0 Å². The van der Waals surface area contributed by atoms with Crippen molar-refractivity contribution in [3.63, 3.8) is 0 Å². The predicted octanol–water partition coefficient (Wildman–Crippen LogP) is 2.55. The van der Waals surface area contributed by atoms with Crippen LogP contribution in [0.5, 0.6) is 0 Å². The van der Waals surface area contributed by atoms with Crippen molar-refractivity contribution in [3.05, 3.63) is 29.8 Å². The van der Waals surface area contributed by atoms with Crippen LogP contribution in [-0.2, 0) is 0 Å². The fraction of sp³-hybridized carbons (Fsp3) is 0.538. The second kappa shape index (κ2) is 3.86. The molecule has 1 saturated heterocycles. The van der Waals surface area contributed by atoms with Crippen LogP contribution in [0.4, 0.5) is 5.69 Å². The number of rotatable bonds is 2. The third kappa shape index (κ3) is 2.72. The smallest absolute Gasteiger partial charge is 0.0403 e. The molecule has 82 valence electrons. The van der Waals surface area contributed by atoms with Crippen LogP contribution in [0.25, 0.3) is 0 Å². The van der Waals surface area contributed by atoms with E-state index in [0.717, 1.165) is 6.54 Å². The van der Waals surface area contributed by atoms with Crippen LogP contribution in [-0.4, -0.2) is 18.1 Å². The number of aryl methyl sites for hydroxylation is 1. The molecule has 1 aromatic carbocycles. The molecule has 15 heavy (non-hydrogen) atoms. The molecule has 1 aliphatic rings. The summed E-state index contributed by atoms with van der Waals surface area (Å²) < 4.78 is 0. The quantitative estimate of drug-likeness (QED) is 0.773. The van der Waals surface area contributed by atoms with Gasteiger partial charge in [0.1, 0.15) is 0 Å². The lowest BCUT2D eigenvalue weighted by Gasteiger charge is -2.18. The van der Waals surface area contributed by atoms with Gasteiger partial charge in [0.25, 0.3) is 0 Å². The van der Waals surface area contributed by atoms with E-state index in [1.54, 1.807) is 0 Å². The van der Waals surface area contributed by atoms with E-state index in [1.165, 1.54) is 17.7 Å². The summed E-state index contributed by atoms with van der Waals surface area (Å²) in [5.74, 6) is 0. The summed E-state index contributed by atoms with van der Waals surface area (Å²) >= 11 is 0. The first-order chi connectivity index (χ1) is 7.05. The van der Waals surface area contributed by atoms with Crippen molar-refractivity contribution in [2.45, 2.75) is 38.8 Å². The third-order valence-corrected chi connectivity index (χ3v) is 2.97. The van der Waals surface area contributed by atoms with E-state index in [-0.39, 0.29) is 5.54 Å². The molecule has 2 N–H and O–H groups in total. The topological polar surface area (TPSA) is 24.1 Å². The van der Waals surface area contributed by atoms with Crippen LogP contribution in [0.2, 0.25) is 0 Å². The average Bonchev–Trinajstić information content (AvgIpc) is 2.45. The maximum absolute atomic E-state index is 3.57. The largest absolute Gasteiger partial charge is 0.381 e. The van der Waals surface area contributed by atoms with Crippen molar-refractivity contribution in [2.75, 3.05) is 11.9 Å². The Morgan fingerprint density at radius 1 is 1.40 bits per heavy atom. The molecule has 1 fully saturated rings. The number of nitrogens with one attached hydrogen (secondary N) is 2. The van der Waals surface area contributed by atoms with E-state index in [2.05, 4.69) is 55.7 Å². The summed E-state index contributed by atoms with van der Waals surface area (Å²) in [5.41, 5.74) is 2.83. The van der Waals surface area contributed by atoms with Gasteiger partial charge in [0.2, 0.25) is 0 Å². The summed E-state index contributed by atoms with van der Waals surface area (Å²) in [7, 11) is 0. The van der Waals surface area contributed by atoms with E-state index in [0.29, 0.717) is 6.04 Å². The van der Waals surface area contributed by atoms with Crippen molar-refractivity contribution in [1.29, 1.82) is 0 Å². The zero-order valence-electron chi connectivity index (χ0n) is 9.80. The maximum Gasteiger partial charge on any atom is 0.0403 e. The maximum atomic E-state index is 3.57. The zero-order valence-corrected chi connectivity index (χ0v) is 9.80. The van der Waals surface area contributed by atoms with Crippen LogP contribution < -0.4 is 10.6 Å². The Kier molecular flexibility index (Phi) is 2.70. The number of hydrogen-bond acceptors (Lipinski definition) is 2. The molecule has 0 radical (unpaired) electrons. The van der Waals surface area contributed by atoms with Gasteiger partial charge >= 0.3 is 0 Å². The van der Waals surface area contributed by atoms with Crippen LogP contribution >= 0.6 is 0 Å². The number of anilines is 1. The van der Waals surface area contributed by atoms with Gasteiger partial charge in [-0.15, -0.1) is 0 Å². The Morgan fingerprint density at radius 3 is 2.80 bits per heavy atom. The second-order valence-corrected chi connectivity index (χ2v) is 5.18. The second-order valence-electron chi connectivity index (χ2n) is 5.18. The molecule has 0 aliphatic carbocycles. The molecule has 2 nitrogen and oxygen atoms in total. The molecule has 1 aliphatic heterocycles. The first kappa shape index (κ1) is 10.5. The first-order valence-electron chi connectivity index (χ1n) is 5.63. The minimum atomic E-state index is 0.279. The van der Waals surface area contributed by atoms with Crippen LogP contribution in [0.1, 0.15) is 25.8 Å². The van der Waals surface area contributed by atoms with Crippen molar-refractivity contribution in [2.24, 2.45) is 0 Å². The molecular formula is C13H20N2. The van der Waals surface area contributed by atoms with Gasteiger partial charge in [-0.2, -0.15) is 0 Å². The number of benzene rings is 1. The molecule has 2 heteroatoms. The summed E-state index contributed by atoms with van der Waals surface area (Å²) in [6.07, 6.45) is 1.18. The van der Waals surface area contributed by atoms with Crippen LogP contribution in [0, 0.1) is 6.92 Å². The lowest BCUT2D eigenvalue weighted by molar-refractivity contribution is 0.457. The molecule has 0 amide bonds. The van der Waals surface area contributed by atoms with Crippen molar-refractivity contribution in [3.8, 4) is 0 Å². The van der Waals surface area contributed by atoms with E-state index < -0.39 is 0 Å². The molecule has 0 saturated carbocycles. The summed E-state index contributed by atoms with van der Waals surface area (Å²) in [6, 6.07) is 9.12. The van der Waals surface area contributed by atoms with Crippen molar-refractivity contribution in [1.82, 2.24) is 5.32 Å². The molecule has 2 rings (SSSR count). The van der Waals surface area contributed by atoms with Gasteiger partial charge in [-0.1, -0.05) is 12.1 Å². The highest BCUT2D eigenvalue weighted by atomic mass is 15.1. The fourth-order valence-corrected chi connectivity index (χ4v) is 2.23. The molecular weight excluding hydrogens is 184 g/mol. The standard InChI is InChI=1S/C13H20N2/c1-10-5-4-6-11(7-10)15-12-8-13(2,3)14-9-12/h4-7,12,14-15H,8-9H2,1-3H3. The van der Waals surface area contributed by atoms with Crippen molar-refractivity contribution < 1.29 is 0 Å². The SMILES string of the molecule is Cc1cccc(NC2CNC(C)(C)C2)c1. The highest BCUT2D eigenvalue weighted by Gasteiger charge is 2.29. The third-order valence-electron chi connectivity index (χ3n) is 2.97. The van der Waals surface area contributed by atoms with Gasteiger partial charge in [0, 0.05) is 23.8 Å². The van der Waals surface area contributed by atoms with Crippen molar-refractivity contribution >= 4 is 5.69 Å². The normalized spacial score (nSPS) is 24.1. The molecule has 1 aromatic rings. The van der Waals surface area contributed by atoms with Gasteiger partial charge in [0.05, 0.1) is 0 Å². The van der Waals surface area contributed by atoms with Gasteiger partial charge in [-0.25, -0.2) is 0 Å². The minimum Gasteiger partial charge on any atom is -0.381 e. The monoisotopic (exact) mass is 204 g/mol. The van der Waals surface area contributed by atoms with Gasteiger partial charge in [-0.05, 0) is 44.9 Å². The fourth-order valence-electron chi connectivity index (χ4n) is 2.23. The molecule has 0 spiro atoms. The molecule has 0 aromatic heterocycles. The van der Waals surface area contributed by atoms with E-state index in [1.807, 2.05) is 0 Å². The van der Waals surface area contributed by atoms with Crippen LogP contribution in [0.3, 0.4) is 0 Å². The molecule has 1 unspecified atom stereocenters. The molecule has 1 atom stereocenters.